The summed E-state index contributed by atoms with van der Waals surface area (Å²) in [4.78, 5) is 21.7. The number of thiazole rings is 1. The van der Waals surface area contributed by atoms with Gasteiger partial charge in [-0.2, -0.15) is 0 Å². The first-order valence-corrected chi connectivity index (χ1v) is 10.7. The van der Waals surface area contributed by atoms with Gasteiger partial charge in [-0.15, -0.1) is 11.3 Å². The largest absolute Gasteiger partial charge is 0.478 e. The van der Waals surface area contributed by atoms with Gasteiger partial charge in [-0.05, 0) is 38.7 Å². The van der Waals surface area contributed by atoms with Gasteiger partial charge in [0.05, 0.1) is 11.4 Å². The Kier molecular flexibility index (Phi) is 5.65. The summed E-state index contributed by atoms with van der Waals surface area (Å²) in [6.45, 7) is 3.40. The molecule has 29 heavy (non-hydrogen) atoms. The van der Waals surface area contributed by atoms with Crippen molar-refractivity contribution in [3.8, 4) is 27.6 Å². The Morgan fingerprint density at radius 3 is 2.66 bits per heavy atom. The van der Waals surface area contributed by atoms with Gasteiger partial charge in [0.15, 0.2) is 6.10 Å². The summed E-state index contributed by atoms with van der Waals surface area (Å²) in [5.74, 6) is 0.791. The molecular weight excluding hydrogens is 382 g/mol. The van der Waals surface area contributed by atoms with Crippen molar-refractivity contribution in [3.05, 3.63) is 53.9 Å². The van der Waals surface area contributed by atoms with Crippen LogP contribution in [0.1, 0.15) is 13.3 Å². The average Bonchev–Trinajstić information content (AvgIpc) is 3.23. The second-order valence-electron chi connectivity index (χ2n) is 7.39. The number of carbonyl (C=O) groups excluding carboxylic acids is 1. The fraction of sp³-hybridized carbons (Fsp3) is 0.304. The van der Waals surface area contributed by atoms with Gasteiger partial charge in [0, 0.05) is 29.6 Å². The maximum absolute atomic E-state index is 12.9. The van der Waals surface area contributed by atoms with Gasteiger partial charge >= 0.3 is 0 Å². The molecule has 1 unspecified atom stereocenters. The molecule has 0 aliphatic carbocycles. The SMILES string of the molecule is CCC1Oc2ccc(-c3csc(-c4ccccc4)n3)cc2N(CCN(C)C)C1=O. The van der Waals surface area contributed by atoms with Gasteiger partial charge in [0.2, 0.25) is 0 Å². The van der Waals surface area contributed by atoms with E-state index in [0.29, 0.717) is 13.0 Å². The van der Waals surface area contributed by atoms with Crippen LogP contribution in [0.5, 0.6) is 5.75 Å². The van der Waals surface area contributed by atoms with Crippen molar-refractivity contribution < 1.29 is 9.53 Å². The summed E-state index contributed by atoms with van der Waals surface area (Å²) in [7, 11) is 4.03. The van der Waals surface area contributed by atoms with Crippen molar-refractivity contribution in [3.63, 3.8) is 0 Å². The molecule has 5 nitrogen and oxygen atoms in total. The molecule has 2 heterocycles. The second kappa shape index (κ2) is 8.35. The quantitative estimate of drug-likeness (QED) is 0.602. The standard InChI is InChI=1S/C23H25N3O2S/c1-4-20-23(27)26(13-12-25(2)3)19-14-17(10-11-21(19)28-20)18-15-29-22(24-18)16-8-6-5-7-9-16/h5-11,14-15,20H,4,12-13H2,1-3H3. The lowest BCUT2D eigenvalue weighted by Crippen LogP contribution is -2.47. The molecule has 6 heteroatoms. The Morgan fingerprint density at radius 2 is 1.93 bits per heavy atom. The van der Waals surface area contributed by atoms with Gasteiger partial charge in [0.1, 0.15) is 10.8 Å². The van der Waals surface area contributed by atoms with Gasteiger partial charge in [-0.3, -0.25) is 4.79 Å². The number of fused-ring (bicyclic) bond motifs is 1. The molecule has 3 aromatic rings. The number of hydrogen-bond donors (Lipinski definition) is 0. The van der Waals surface area contributed by atoms with E-state index in [4.69, 9.17) is 9.72 Å². The number of benzene rings is 2. The first-order valence-electron chi connectivity index (χ1n) is 9.85. The zero-order valence-corrected chi connectivity index (χ0v) is 17.8. The molecule has 4 rings (SSSR count). The Bertz CT molecular complexity index is 1000. The number of likely N-dealkylation sites (N-methyl/N-ethyl adjacent to an activating group) is 1. The maximum atomic E-state index is 12.9. The molecule has 0 fully saturated rings. The summed E-state index contributed by atoms with van der Waals surface area (Å²) in [5.41, 5.74) is 3.84. The molecule has 1 atom stereocenters. The number of carbonyl (C=O) groups is 1. The van der Waals surface area contributed by atoms with E-state index < -0.39 is 6.10 Å². The Labute approximate surface area is 175 Å². The van der Waals surface area contributed by atoms with Crippen molar-refractivity contribution in [1.29, 1.82) is 0 Å². The fourth-order valence-electron chi connectivity index (χ4n) is 3.39. The monoisotopic (exact) mass is 407 g/mol. The molecule has 0 spiro atoms. The van der Waals surface area contributed by atoms with Crippen LogP contribution in [-0.2, 0) is 4.79 Å². The highest BCUT2D eigenvalue weighted by Gasteiger charge is 2.33. The minimum Gasteiger partial charge on any atom is -0.478 e. The number of hydrogen-bond acceptors (Lipinski definition) is 5. The van der Waals surface area contributed by atoms with Gasteiger partial charge < -0.3 is 14.5 Å². The lowest BCUT2D eigenvalue weighted by molar-refractivity contribution is -0.126. The molecule has 0 radical (unpaired) electrons. The van der Waals surface area contributed by atoms with Crippen molar-refractivity contribution in [2.24, 2.45) is 0 Å². The minimum atomic E-state index is -0.417. The van der Waals surface area contributed by atoms with E-state index in [9.17, 15) is 4.79 Å². The zero-order valence-electron chi connectivity index (χ0n) is 17.0. The Morgan fingerprint density at radius 1 is 1.14 bits per heavy atom. The molecule has 2 aromatic carbocycles. The smallest absolute Gasteiger partial charge is 0.268 e. The number of rotatable bonds is 6. The first-order chi connectivity index (χ1) is 14.1. The van der Waals surface area contributed by atoms with E-state index in [1.54, 1.807) is 11.3 Å². The molecular formula is C23H25N3O2S. The van der Waals surface area contributed by atoms with Crippen LogP contribution in [0.3, 0.4) is 0 Å². The van der Waals surface area contributed by atoms with Crippen LogP contribution in [-0.4, -0.2) is 49.1 Å². The number of aromatic nitrogens is 1. The lowest BCUT2D eigenvalue weighted by atomic mass is 10.1. The van der Waals surface area contributed by atoms with Crippen LogP contribution < -0.4 is 9.64 Å². The van der Waals surface area contributed by atoms with Gasteiger partial charge in [-0.25, -0.2) is 4.98 Å². The van der Waals surface area contributed by atoms with Crippen molar-refractivity contribution in [2.45, 2.75) is 19.4 Å². The van der Waals surface area contributed by atoms with E-state index in [1.807, 2.05) is 62.3 Å². The van der Waals surface area contributed by atoms with Crippen molar-refractivity contribution in [2.75, 3.05) is 32.1 Å². The molecule has 1 aromatic heterocycles. The predicted molar refractivity (Wildman–Crippen MR) is 119 cm³/mol. The molecule has 0 N–H and O–H groups in total. The molecule has 1 aliphatic rings. The molecule has 0 bridgehead atoms. The topological polar surface area (TPSA) is 45.7 Å². The molecule has 150 valence electrons. The summed E-state index contributed by atoms with van der Waals surface area (Å²) in [6, 6.07) is 16.2. The van der Waals surface area contributed by atoms with E-state index in [1.165, 1.54) is 0 Å². The summed E-state index contributed by atoms with van der Waals surface area (Å²) >= 11 is 1.62. The molecule has 1 amide bonds. The normalized spacial score (nSPS) is 16.1. The number of anilines is 1. The van der Waals surface area contributed by atoms with E-state index >= 15 is 0 Å². The van der Waals surface area contributed by atoms with Crippen LogP contribution in [0.25, 0.3) is 21.8 Å². The third kappa shape index (κ3) is 4.04. The van der Waals surface area contributed by atoms with Crippen LogP contribution in [0.15, 0.2) is 53.9 Å². The Balaban J connectivity index is 1.68. The van der Waals surface area contributed by atoms with Crippen molar-refractivity contribution in [1.82, 2.24) is 9.88 Å². The Hall–Kier alpha value is -2.70. The van der Waals surface area contributed by atoms with Gasteiger partial charge in [0.25, 0.3) is 5.91 Å². The summed E-state index contributed by atoms with van der Waals surface area (Å²) < 4.78 is 5.97. The molecule has 0 saturated carbocycles. The number of nitrogens with zero attached hydrogens (tertiary/aromatic N) is 3. The van der Waals surface area contributed by atoms with E-state index in [-0.39, 0.29) is 5.91 Å². The van der Waals surface area contributed by atoms with Crippen LogP contribution in [0.2, 0.25) is 0 Å². The molecule has 0 saturated heterocycles. The number of ether oxygens (including phenoxy) is 1. The van der Waals surface area contributed by atoms with Crippen LogP contribution >= 0.6 is 11.3 Å². The average molecular weight is 408 g/mol. The first kappa shape index (κ1) is 19.6. The van der Waals surface area contributed by atoms with Crippen molar-refractivity contribution >= 4 is 22.9 Å². The predicted octanol–water partition coefficient (Wildman–Crippen LogP) is 4.54. The molecule has 1 aliphatic heterocycles. The summed E-state index contributed by atoms with van der Waals surface area (Å²) in [6.07, 6.45) is 0.241. The fourth-order valence-corrected chi connectivity index (χ4v) is 4.23. The highest BCUT2D eigenvalue weighted by Crippen LogP contribution is 2.39. The van der Waals surface area contributed by atoms with Crippen LogP contribution in [0.4, 0.5) is 5.69 Å². The minimum absolute atomic E-state index is 0.0299. The van der Waals surface area contributed by atoms with E-state index in [2.05, 4.69) is 22.4 Å². The zero-order chi connectivity index (χ0) is 20.4. The van der Waals surface area contributed by atoms with E-state index in [0.717, 1.165) is 39.8 Å². The van der Waals surface area contributed by atoms with Crippen LogP contribution in [0, 0.1) is 0 Å². The summed E-state index contributed by atoms with van der Waals surface area (Å²) in [5, 5.41) is 3.05. The highest BCUT2D eigenvalue weighted by atomic mass is 32.1. The maximum Gasteiger partial charge on any atom is 0.268 e. The third-order valence-electron chi connectivity index (χ3n) is 5.02. The van der Waals surface area contributed by atoms with Gasteiger partial charge in [-0.1, -0.05) is 37.3 Å². The lowest BCUT2D eigenvalue weighted by Gasteiger charge is -2.35. The third-order valence-corrected chi connectivity index (χ3v) is 5.91. The highest BCUT2D eigenvalue weighted by molar-refractivity contribution is 7.13. The second-order valence-corrected chi connectivity index (χ2v) is 8.25. The number of amides is 1.